The van der Waals surface area contributed by atoms with Gasteiger partial charge in [-0.15, -0.1) is 0 Å². The summed E-state index contributed by atoms with van der Waals surface area (Å²) in [7, 11) is 0. The topological polar surface area (TPSA) is 36.2 Å². The lowest BCUT2D eigenvalue weighted by Crippen LogP contribution is -2.31. The number of cyclic esters (lactones) is 1. The first-order chi connectivity index (χ1) is 18.3. The summed E-state index contributed by atoms with van der Waals surface area (Å²) in [5, 5.41) is 2.27. The Kier molecular flexibility index (Phi) is 5.75. The molecule has 0 fully saturated rings. The largest absolute Gasteiger partial charge is 0.440 e. The number of para-hydroxylation sites is 2. The number of nitrogens with zero attached hydrogens (tertiary/aromatic N) is 2. The quantitative estimate of drug-likeness (QED) is 0.220. The first kappa shape index (κ1) is 24.5. The lowest BCUT2D eigenvalue weighted by atomic mass is 9.77. The van der Waals surface area contributed by atoms with E-state index in [1.807, 2.05) is 18.2 Å². The van der Waals surface area contributed by atoms with E-state index in [9.17, 15) is 4.79 Å². The molecule has 0 saturated heterocycles. The maximum atomic E-state index is 13.7. The Labute approximate surface area is 224 Å². The number of esters is 1. The summed E-state index contributed by atoms with van der Waals surface area (Å²) in [5.74, 6) is 0.684. The molecule has 0 saturated carbocycles. The average Bonchev–Trinajstić information content (AvgIpc) is 3.45. The molecule has 4 nitrogen and oxygen atoms in total. The molecule has 1 aliphatic heterocycles. The molecule has 0 spiro atoms. The van der Waals surface area contributed by atoms with Crippen molar-refractivity contribution < 1.29 is 9.53 Å². The summed E-state index contributed by atoms with van der Waals surface area (Å²) in [5.41, 5.74) is 7.31. The van der Waals surface area contributed by atoms with Crippen molar-refractivity contribution in [1.82, 2.24) is 9.13 Å². The number of benzene rings is 3. The summed E-state index contributed by atoms with van der Waals surface area (Å²) in [6.45, 7) is 15.2. The molecule has 3 heterocycles. The van der Waals surface area contributed by atoms with Crippen LogP contribution < -0.4 is 0 Å². The molecule has 5 aromatic rings. The van der Waals surface area contributed by atoms with Gasteiger partial charge >= 0.3 is 5.97 Å². The van der Waals surface area contributed by atoms with Gasteiger partial charge in [0.15, 0.2) is 5.60 Å². The van der Waals surface area contributed by atoms with Crippen molar-refractivity contribution in [3.05, 3.63) is 106 Å². The molecule has 2 aromatic heterocycles. The third-order valence-corrected chi connectivity index (χ3v) is 8.03. The summed E-state index contributed by atoms with van der Waals surface area (Å²) in [4.78, 5) is 13.7. The van der Waals surface area contributed by atoms with Crippen LogP contribution in [0.4, 0.5) is 0 Å². The Bertz CT molecular complexity index is 1600. The predicted molar refractivity (Wildman–Crippen MR) is 155 cm³/mol. The Morgan fingerprint density at radius 2 is 1.13 bits per heavy atom. The third kappa shape index (κ3) is 3.39. The second-order valence-electron chi connectivity index (χ2n) is 11.6. The van der Waals surface area contributed by atoms with Gasteiger partial charge in [-0.1, -0.05) is 82.3 Å². The van der Waals surface area contributed by atoms with E-state index in [-0.39, 0.29) is 5.97 Å². The fourth-order valence-electron chi connectivity index (χ4n) is 6.67. The molecule has 0 bridgehead atoms. The number of carbonyl (C=O) groups is 1. The summed E-state index contributed by atoms with van der Waals surface area (Å²) in [6, 6.07) is 25.1. The van der Waals surface area contributed by atoms with Crippen molar-refractivity contribution in [3.8, 4) is 0 Å². The highest BCUT2D eigenvalue weighted by Crippen LogP contribution is 2.54. The summed E-state index contributed by atoms with van der Waals surface area (Å²) in [6.07, 6.45) is 0. The van der Waals surface area contributed by atoms with Gasteiger partial charge in [-0.2, -0.15) is 0 Å². The molecule has 0 radical (unpaired) electrons. The van der Waals surface area contributed by atoms with Gasteiger partial charge in [0.25, 0.3) is 0 Å². The number of fused-ring (bicyclic) bond motifs is 3. The standard InChI is InChI=1S/C34H36N2O2/c1-21(2)19-35-23(5)31(26-14-8-11-17-29(26)35)34(28-16-10-7-13-25(28)33(37)38-34)32-24(6)36(20-22(3)4)30-18-12-9-15-27(30)32/h7-18,21-22H,19-20H2,1-6H3. The molecule has 0 atom stereocenters. The van der Waals surface area contributed by atoms with Crippen molar-refractivity contribution in [2.45, 2.75) is 60.2 Å². The van der Waals surface area contributed by atoms with Crippen LogP contribution in [0.3, 0.4) is 0 Å². The van der Waals surface area contributed by atoms with Crippen molar-refractivity contribution in [1.29, 1.82) is 0 Å². The molecule has 0 unspecified atom stereocenters. The van der Waals surface area contributed by atoms with Gasteiger partial charge in [-0.05, 0) is 43.9 Å². The Morgan fingerprint density at radius 1 is 0.684 bits per heavy atom. The second-order valence-corrected chi connectivity index (χ2v) is 11.6. The lowest BCUT2D eigenvalue weighted by molar-refractivity contribution is 0.0255. The fourth-order valence-corrected chi connectivity index (χ4v) is 6.67. The van der Waals surface area contributed by atoms with E-state index < -0.39 is 5.60 Å². The molecule has 194 valence electrons. The van der Waals surface area contributed by atoms with Crippen LogP contribution in [0.5, 0.6) is 0 Å². The smallest absolute Gasteiger partial charge is 0.340 e. The zero-order valence-electron chi connectivity index (χ0n) is 23.2. The maximum absolute atomic E-state index is 13.7. The van der Waals surface area contributed by atoms with Gasteiger partial charge in [0, 0.05) is 63.0 Å². The highest BCUT2D eigenvalue weighted by molar-refractivity contribution is 6.01. The SMILES string of the molecule is Cc1c(C2(c3c(C)n(CC(C)C)c4ccccc34)OC(=O)c3ccccc32)c2ccccc2n1CC(C)C. The van der Waals surface area contributed by atoms with Crippen molar-refractivity contribution >= 4 is 27.8 Å². The van der Waals surface area contributed by atoms with Gasteiger partial charge in [0.1, 0.15) is 0 Å². The Morgan fingerprint density at radius 3 is 1.63 bits per heavy atom. The zero-order chi connectivity index (χ0) is 26.8. The van der Waals surface area contributed by atoms with E-state index in [2.05, 4.69) is 105 Å². The molecule has 3 aromatic carbocycles. The van der Waals surface area contributed by atoms with Crippen molar-refractivity contribution in [2.75, 3.05) is 0 Å². The van der Waals surface area contributed by atoms with E-state index in [1.165, 1.54) is 11.0 Å². The second kappa shape index (κ2) is 8.90. The highest BCUT2D eigenvalue weighted by Gasteiger charge is 2.53. The number of hydrogen-bond donors (Lipinski definition) is 0. The van der Waals surface area contributed by atoms with Crippen LogP contribution in [0.15, 0.2) is 72.8 Å². The van der Waals surface area contributed by atoms with E-state index in [0.29, 0.717) is 17.4 Å². The molecule has 4 heteroatoms. The lowest BCUT2D eigenvalue weighted by Gasteiger charge is -2.31. The normalized spacial score (nSPS) is 14.7. The van der Waals surface area contributed by atoms with Crippen molar-refractivity contribution in [3.63, 3.8) is 0 Å². The van der Waals surface area contributed by atoms with E-state index in [0.717, 1.165) is 51.9 Å². The summed E-state index contributed by atoms with van der Waals surface area (Å²) < 4.78 is 11.6. The Hall–Kier alpha value is -3.79. The van der Waals surface area contributed by atoms with Crippen LogP contribution in [-0.4, -0.2) is 15.1 Å². The van der Waals surface area contributed by atoms with E-state index >= 15 is 0 Å². The number of aromatic nitrogens is 2. The van der Waals surface area contributed by atoms with Crippen LogP contribution in [0, 0.1) is 25.7 Å². The molecule has 6 rings (SSSR count). The maximum Gasteiger partial charge on any atom is 0.340 e. The number of rotatable bonds is 6. The monoisotopic (exact) mass is 504 g/mol. The first-order valence-electron chi connectivity index (χ1n) is 13.7. The van der Waals surface area contributed by atoms with Crippen molar-refractivity contribution in [2.24, 2.45) is 11.8 Å². The highest BCUT2D eigenvalue weighted by atomic mass is 16.6. The minimum absolute atomic E-state index is 0.263. The van der Waals surface area contributed by atoms with Crippen LogP contribution in [-0.2, 0) is 23.4 Å². The van der Waals surface area contributed by atoms with Gasteiger partial charge in [-0.25, -0.2) is 4.79 Å². The van der Waals surface area contributed by atoms with E-state index in [4.69, 9.17) is 4.74 Å². The van der Waals surface area contributed by atoms with Gasteiger partial charge in [0.05, 0.1) is 5.56 Å². The minimum atomic E-state index is -1.05. The molecular weight excluding hydrogens is 468 g/mol. The van der Waals surface area contributed by atoms with E-state index in [1.54, 1.807) is 0 Å². The van der Waals surface area contributed by atoms with Gasteiger partial charge < -0.3 is 13.9 Å². The zero-order valence-corrected chi connectivity index (χ0v) is 23.2. The Balaban J connectivity index is 1.81. The predicted octanol–water partition coefficient (Wildman–Crippen LogP) is 7.99. The molecule has 0 N–H and O–H groups in total. The first-order valence-corrected chi connectivity index (χ1v) is 13.7. The molecular formula is C34H36N2O2. The number of ether oxygens (including phenoxy) is 1. The van der Waals surface area contributed by atoms with Gasteiger partial charge in [0.2, 0.25) is 0 Å². The molecule has 0 amide bonds. The number of carbonyl (C=O) groups excluding carboxylic acids is 1. The minimum Gasteiger partial charge on any atom is -0.440 e. The molecule has 0 aliphatic carbocycles. The number of hydrogen-bond acceptors (Lipinski definition) is 2. The third-order valence-electron chi connectivity index (χ3n) is 8.03. The van der Waals surface area contributed by atoms with Crippen LogP contribution in [0.1, 0.15) is 66.1 Å². The molecule has 38 heavy (non-hydrogen) atoms. The average molecular weight is 505 g/mol. The van der Waals surface area contributed by atoms with Crippen LogP contribution in [0.25, 0.3) is 21.8 Å². The van der Waals surface area contributed by atoms with Crippen LogP contribution >= 0.6 is 0 Å². The fraction of sp³-hybridized carbons (Fsp3) is 0.324. The summed E-state index contributed by atoms with van der Waals surface area (Å²) >= 11 is 0. The van der Waals surface area contributed by atoms with Gasteiger partial charge in [-0.3, -0.25) is 0 Å². The van der Waals surface area contributed by atoms with Crippen LogP contribution in [0.2, 0.25) is 0 Å². The molecule has 1 aliphatic rings.